The molecule has 0 atom stereocenters. The van der Waals surface area contributed by atoms with Crippen LogP contribution in [0.3, 0.4) is 0 Å². The van der Waals surface area contributed by atoms with Crippen molar-refractivity contribution in [3.8, 4) is 0 Å². The second kappa shape index (κ2) is 7.20. The number of nitrogens with one attached hydrogen (secondary N) is 1. The van der Waals surface area contributed by atoms with Crippen molar-refractivity contribution in [1.29, 1.82) is 0 Å². The van der Waals surface area contributed by atoms with Gasteiger partial charge in [0.15, 0.2) is 0 Å². The van der Waals surface area contributed by atoms with E-state index in [4.69, 9.17) is 5.73 Å². The predicted octanol–water partition coefficient (Wildman–Crippen LogP) is 3.51. The summed E-state index contributed by atoms with van der Waals surface area (Å²) < 4.78 is 1.04. The first-order valence-corrected chi connectivity index (χ1v) is 7.28. The fourth-order valence-electron chi connectivity index (χ4n) is 1.30. The molecule has 0 heterocycles. The summed E-state index contributed by atoms with van der Waals surface area (Å²) in [5.41, 5.74) is 6.78. The van der Waals surface area contributed by atoms with Crippen molar-refractivity contribution in [1.82, 2.24) is 5.32 Å². The Morgan fingerprint density at radius 2 is 2.19 bits per heavy atom. The highest BCUT2D eigenvalue weighted by Crippen LogP contribution is 2.27. The van der Waals surface area contributed by atoms with E-state index in [-0.39, 0.29) is 0 Å². The number of thioether (sulfide) groups is 1. The molecule has 0 aromatic heterocycles. The average molecular weight is 303 g/mol. The molecule has 0 radical (unpaired) electrons. The highest BCUT2D eigenvalue weighted by atomic mass is 79.9. The fraction of sp³-hybridized carbons (Fsp3) is 0.500. The van der Waals surface area contributed by atoms with Crippen LogP contribution in [0.5, 0.6) is 0 Å². The summed E-state index contributed by atoms with van der Waals surface area (Å²) in [7, 11) is 0. The summed E-state index contributed by atoms with van der Waals surface area (Å²) in [6.07, 6.45) is 1.17. The van der Waals surface area contributed by atoms with Gasteiger partial charge in [-0.05, 0) is 36.9 Å². The van der Waals surface area contributed by atoms with E-state index in [0.717, 1.165) is 22.5 Å². The van der Waals surface area contributed by atoms with Gasteiger partial charge < -0.3 is 11.1 Å². The molecule has 3 N–H and O–H groups in total. The van der Waals surface area contributed by atoms with Gasteiger partial charge in [0.2, 0.25) is 0 Å². The summed E-state index contributed by atoms with van der Waals surface area (Å²) in [6, 6.07) is 6.63. The molecule has 0 aliphatic heterocycles. The maximum absolute atomic E-state index is 5.92. The molecule has 1 rings (SSSR count). The van der Waals surface area contributed by atoms with Crippen LogP contribution in [0.1, 0.15) is 20.3 Å². The molecule has 0 unspecified atom stereocenters. The topological polar surface area (TPSA) is 38.0 Å². The van der Waals surface area contributed by atoms with E-state index in [1.165, 1.54) is 11.3 Å². The third-order valence-corrected chi connectivity index (χ3v) is 3.77. The minimum absolute atomic E-state index is 0.572. The smallest absolute Gasteiger partial charge is 0.0463 e. The van der Waals surface area contributed by atoms with E-state index in [1.807, 2.05) is 23.9 Å². The summed E-state index contributed by atoms with van der Waals surface area (Å²) in [6.45, 7) is 5.40. The van der Waals surface area contributed by atoms with Gasteiger partial charge in [0.25, 0.3) is 0 Å². The molecule has 1 aromatic carbocycles. The summed E-state index contributed by atoms with van der Waals surface area (Å²) >= 11 is 5.23. The molecular weight excluding hydrogens is 284 g/mol. The Labute approximate surface area is 111 Å². The lowest BCUT2D eigenvalue weighted by atomic mass is 10.3. The van der Waals surface area contributed by atoms with Crippen LogP contribution in [0.15, 0.2) is 27.6 Å². The summed E-state index contributed by atoms with van der Waals surface area (Å²) in [5.74, 6) is 1.10. The SMILES string of the molecule is CC(C)NCCCSc1ccc(Br)cc1N. The van der Waals surface area contributed by atoms with Crippen molar-refractivity contribution in [2.75, 3.05) is 18.0 Å². The van der Waals surface area contributed by atoms with Gasteiger partial charge in [-0.3, -0.25) is 0 Å². The third kappa shape index (κ3) is 5.23. The zero-order valence-corrected chi connectivity index (χ0v) is 12.2. The molecule has 0 fully saturated rings. The summed E-state index contributed by atoms with van der Waals surface area (Å²) in [5, 5.41) is 3.40. The van der Waals surface area contributed by atoms with Gasteiger partial charge in [0.1, 0.15) is 0 Å². The van der Waals surface area contributed by atoms with Crippen molar-refractivity contribution in [2.24, 2.45) is 0 Å². The van der Waals surface area contributed by atoms with Crippen LogP contribution in [0.25, 0.3) is 0 Å². The first-order chi connectivity index (χ1) is 7.59. The highest BCUT2D eigenvalue weighted by molar-refractivity contribution is 9.10. The van der Waals surface area contributed by atoms with Gasteiger partial charge in [-0.2, -0.15) is 0 Å². The van der Waals surface area contributed by atoms with Crippen LogP contribution in [0, 0.1) is 0 Å². The molecular formula is C12H19BrN2S. The number of nitrogen functional groups attached to an aromatic ring is 1. The number of anilines is 1. The van der Waals surface area contributed by atoms with E-state index in [9.17, 15) is 0 Å². The molecule has 4 heteroatoms. The monoisotopic (exact) mass is 302 g/mol. The van der Waals surface area contributed by atoms with Crippen molar-refractivity contribution in [2.45, 2.75) is 31.2 Å². The van der Waals surface area contributed by atoms with Crippen LogP contribution in [-0.2, 0) is 0 Å². The lowest BCUT2D eigenvalue weighted by molar-refractivity contribution is 0.586. The minimum Gasteiger partial charge on any atom is -0.398 e. The first kappa shape index (κ1) is 13.9. The van der Waals surface area contributed by atoms with E-state index in [0.29, 0.717) is 6.04 Å². The predicted molar refractivity (Wildman–Crippen MR) is 77.0 cm³/mol. The Kier molecular flexibility index (Phi) is 6.24. The molecule has 0 saturated heterocycles. The Morgan fingerprint density at radius 3 is 2.81 bits per heavy atom. The highest BCUT2D eigenvalue weighted by Gasteiger charge is 2.00. The number of benzene rings is 1. The molecule has 0 saturated carbocycles. The van der Waals surface area contributed by atoms with Gasteiger partial charge in [-0.1, -0.05) is 29.8 Å². The number of rotatable bonds is 6. The number of hydrogen-bond donors (Lipinski definition) is 2. The normalized spacial score (nSPS) is 11.0. The van der Waals surface area contributed by atoms with Crippen LogP contribution in [0.2, 0.25) is 0 Å². The first-order valence-electron chi connectivity index (χ1n) is 5.51. The molecule has 0 aliphatic carbocycles. The Morgan fingerprint density at radius 1 is 1.44 bits per heavy atom. The zero-order valence-electron chi connectivity index (χ0n) is 9.79. The second-order valence-electron chi connectivity index (χ2n) is 3.99. The van der Waals surface area contributed by atoms with Gasteiger partial charge >= 0.3 is 0 Å². The van der Waals surface area contributed by atoms with Crippen LogP contribution in [0.4, 0.5) is 5.69 Å². The average Bonchev–Trinajstić information content (AvgIpc) is 2.20. The van der Waals surface area contributed by atoms with E-state index in [2.05, 4.69) is 41.2 Å². The van der Waals surface area contributed by atoms with Gasteiger partial charge in [0, 0.05) is 21.1 Å². The van der Waals surface area contributed by atoms with Crippen molar-refractivity contribution in [3.63, 3.8) is 0 Å². The third-order valence-electron chi connectivity index (χ3n) is 2.10. The molecule has 0 aliphatic rings. The Bertz CT molecular complexity index is 329. The zero-order chi connectivity index (χ0) is 12.0. The summed E-state index contributed by atoms with van der Waals surface area (Å²) in [4.78, 5) is 1.17. The van der Waals surface area contributed by atoms with Gasteiger partial charge in [-0.15, -0.1) is 11.8 Å². The molecule has 1 aromatic rings. The Hall–Kier alpha value is -0.190. The molecule has 0 bridgehead atoms. The lowest BCUT2D eigenvalue weighted by Gasteiger charge is -2.08. The molecule has 90 valence electrons. The largest absolute Gasteiger partial charge is 0.398 e. The van der Waals surface area contributed by atoms with Gasteiger partial charge in [-0.25, -0.2) is 0 Å². The van der Waals surface area contributed by atoms with E-state index in [1.54, 1.807) is 0 Å². The number of halogens is 1. The standard InChI is InChI=1S/C12H19BrN2S/c1-9(2)15-6-3-7-16-12-5-4-10(13)8-11(12)14/h4-5,8-9,15H,3,6-7,14H2,1-2H3. The maximum Gasteiger partial charge on any atom is 0.0463 e. The minimum atomic E-state index is 0.572. The fourth-order valence-corrected chi connectivity index (χ4v) is 2.57. The van der Waals surface area contributed by atoms with Crippen molar-refractivity contribution >= 4 is 33.4 Å². The molecule has 2 nitrogen and oxygen atoms in total. The second-order valence-corrected chi connectivity index (χ2v) is 6.05. The molecule has 16 heavy (non-hydrogen) atoms. The van der Waals surface area contributed by atoms with E-state index >= 15 is 0 Å². The van der Waals surface area contributed by atoms with Crippen LogP contribution < -0.4 is 11.1 Å². The molecule has 0 amide bonds. The van der Waals surface area contributed by atoms with Crippen molar-refractivity contribution in [3.05, 3.63) is 22.7 Å². The quantitative estimate of drug-likeness (QED) is 0.480. The van der Waals surface area contributed by atoms with Gasteiger partial charge in [0.05, 0.1) is 0 Å². The number of hydrogen-bond acceptors (Lipinski definition) is 3. The van der Waals surface area contributed by atoms with Crippen molar-refractivity contribution < 1.29 is 0 Å². The van der Waals surface area contributed by atoms with Crippen LogP contribution in [-0.4, -0.2) is 18.3 Å². The number of nitrogens with two attached hydrogens (primary N) is 1. The molecule has 0 spiro atoms. The maximum atomic E-state index is 5.92. The van der Waals surface area contributed by atoms with Crippen LogP contribution >= 0.6 is 27.7 Å². The Balaban J connectivity index is 2.27. The lowest BCUT2D eigenvalue weighted by Crippen LogP contribution is -2.23. The van der Waals surface area contributed by atoms with E-state index < -0.39 is 0 Å².